The van der Waals surface area contributed by atoms with Gasteiger partial charge in [0.1, 0.15) is 35.6 Å². The van der Waals surface area contributed by atoms with Crippen molar-refractivity contribution in [1.82, 2.24) is 25.8 Å². The number of hydrogen-bond acceptors (Lipinski definition) is 10. The quantitative estimate of drug-likeness (QED) is 0.0504. The minimum absolute atomic E-state index is 0.158. The molecule has 0 aliphatic carbocycles. The summed E-state index contributed by atoms with van der Waals surface area (Å²) < 4.78 is 23.8. The number of nitrogens with one attached hydrogen (secondary N) is 2. The fourth-order valence-electron chi connectivity index (χ4n) is 4.71. The fourth-order valence-corrected chi connectivity index (χ4v) is 4.71. The summed E-state index contributed by atoms with van der Waals surface area (Å²) in [6.45, 7) is 6.51. The Morgan fingerprint density at radius 3 is 2.29 bits per heavy atom. The van der Waals surface area contributed by atoms with Crippen molar-refractivity contribution >= 4 is 23.9 Å². The second-order valence-electron chi connectivity index (χ2n) is 10.7. The summed E-state index contributed by atoms with van der Waals surface area (Å²) in [6.07, 6.45) is 6.59. The van der Waals surface area contributed by atoms with Crippen LogP contribution in [-0.4, -0.2) is 64.4 Å². The number of carbonyl (C=O) groups excluding carboxylic acids is 3. The number of esters is 1. The predicted octanol–water partition coefficient (Wildman–Crippen LogP) is 4.62. The Hall–Kier alpha value is -5.95. The molecule has 0 spiro atoms. The zero-order valence-electron chi connectivity index (χ0n) is 27.7. The zero-order chi connectivity index (χ0) is 35.2. The van der Waals surface area contributed by atoms with Gasteiger partial charge in [-0.2, -0.15) is 0 Å². The first-order valence-corrected chi connectivity index (χ1v) is 15.5. The largest absolute Gasteiger partial charge is 0.494 e. The molecule has 0 radical (unpaired) electrons. The van der Waals surface area contributed by atoms with E-state index in [0.29, 0.717) is 41.7 Å². The number of hydrogen-bond donors (Lipinski definition) is 3. The standard InChI is InChI=1S/C36H39N5O8/c1-5-47-30-19-27(20-31(21-30)48-6-2)35(43)37-32(36(44)46-4)18-25-12-14-29(15-13-25)41-22-28(38-40-41)23-49-33-10-8-7-9-26(33)17-24(3)11-16-34(42)39-45/h7-17,19-22,32,45H,5-6,18,23H2,1-4H3,(H,37,43)(H,39,42)/b16-11+,24-17+/t32-/m0/s1. The molecule has 0 fully saturated rings. The number of rotatable bonds is 16. The van der Waals surface area contributed by atoms with Gasteiger partial charge in [-0.3, -0.25) is 14.8 Å². The third-order valence-corrected chi connectivity index (χ3v) is 7.02. The second-order valence-corrected chi connectivity index (χ2v) is 10.7. The summed E-state index contributed by atoms with van der Waals surface area (Å²) in [7, 11) is 1.27. The van der Waals surface area contributed by atoms with Gasteiger partial charge >= 0.3 is 5.97 Å². The number of allylic oxidation sites excluding steroid dienone is 2. The maximum absolute atomic E-state index is 13.2. The van der Waals surface area contributed by atoms with E-state index in [9.17, 15) is 14.4 Å². The van der Waals surface area contributed by atoms with Crippen molar-refractivity contribution in [1.29, 1.82) is 0 Å². The zero-order valence-corrected chi connectivity index (χ0v) is 27.7. The summed E-state index contributed by atoms with van der Waals surface area (Å²) in [6, 6.07) is 18.7. The molecule has 1 aromatic heterocycles. The van der Waals surface area contributed by atoms with Crippen LogP contribution in [0.5, 0.6) is 17.2 Å². The number of ether oxygens (including phenoxy) is 4. The van der Waals surface area contributed by atoms with E-state index in [2.05, 4.69) is 15.6 Å². The van der Waals surface area contributed by atoms with Crippen molar-refractivity contribution in [3.63, 3.8) is 0 Å². The topological polar surface area (TPSA) is 163 Å². The lowest BCUT2D eigenvalue weighted by Gasteiger charge is -2.18. The van der Waals surface area contributed by atoms with Crippen LogP contribution in [-0.2, 0) is 27.4 Å². The first kappa shape index (κ1) is 35.9. The van der Waals surface area contributed by atoms with E-state index in [1.165, 1.54) is 13.2 Å². The van der Waals surface area contributed by atoms with Crippen LogP contribution in [0.2, 0.25) is 0 Å². The molecular formula is C36H39N5O8. The van der Waals surface area contributed by atoms with Gasteiger partial charge in [-0.15, -0.1) is 5.10 Å². The van der Waals surface area contributed by atoms with Gasteiger partial charge in [0.05, 0.1) is 32.2 Å². The predicted molar refractivity (Wildman–Crippen MR) is 181 cm³/mol. The smallest absolute Gasteiger partial charge is 0.328 e. The normalized spacial score (nSPS) is 11.9. The van der Waals surface area contributed by atoms with Crippen LogP contribution in [0.3, 0.4) is 0 Å². The van der Waals surface area contributed by atoms with Gasteiger partial charge in [0.25, 0.3) is 11.8 Å². The molecule has 3 N–H and O–H groups in total. The van der Waals surface area contributed by atoms with Gasteiger partial charge in [0.2, 0.25) is 0 Å². The number of amides is 2. The number of nitrogens with zero attached hydrogens (tertiary/aromatic N) is 3. The summed E-state index contributed by atoms with van der Waals surface area (Å²) in [5.74, 6) is -0.0843. The first-order chi connectivity index (χ1) is 23.7. The van der Waals surface area contributed by atoms with Crippen LogP contribution >= 0.6 is 0 Å². The Morgan fingerprint density at radius 2 is 1.63 bits per heavy atom. The molecule has 1 atom stereocenters. The Bertz CT molecular complexity index is 1770. The molecular weight excluding hydrogens is 630 g/mol. The molecule has 0 aliphatic heterocycles. The third kappa shape index (κ3) is 10.5. The highest BCUT2D eigenvalue weighted by Crippen LogP contribution is 2.24. The number of methoxy groups -OCH3 is 1. The number of hydroxylamine groups is 1. The molecule has 0 saturated heterocycles. The maximum Gasteiger partial charge on any atom is 0.328 e. The Kier molecular flexibility index (Phi) is 13.1. The summed E-state index contributed by atoms with van der Waals surface area (Å²) >= 11 is 0. The van der Waals surface area contributed by atoms with E-state index < -0.39 is 23.8 Å². The van der Waals surface area contributed by atoms with Crippen LogP contribution in [0.4, 0.5) is 0 Å². The summed E-state index contributed by atoms with van der Waals surface area (Å²) in [5.41, 5.74) is 5.53. The monoisotopic (exact) mass is 669 g/mol. The maximum atomic E-state index is 13.2. The lowest BCUT2D eigenvalue weighted by Crippen LogP contribution is -2.43. The van der Waals surface area contributed by atoms with Crippen molar-refractivity contribution in [3.05, 3.63) is 113 Å². The third-order valence-electron chi connectivity index (χ3n) is 7.02. The highest BCUT2D eigenvalue weighted by atomic mass is 16.5. The molecule has 0 bridgehead atoms. The van der Waals surface area contributed by atoms with E-state index in [-0.39, 0.29) is 13.0 Å². The number of aromatic nitrogens is 3. The highest BCUT2D eigenvalue weighted by Gasteiger charge is 2.23. The van der Waals surface area contributed by atoms with Gasteiger partial charge < -0.3 is 24.3 Å². The minimum Gasteiger partial charge on any atom is -0.494 e. The van der Waals surface area contributed by atoms with E-state index in [4.69, 9.17) is 24.2 Å². The minimum atomic E-state index is -0.942. The molecule has 4 aromatic rings. The number of carbonyl (C=O) groups is 3. The molecule has 3 aromatic carbocycles. The van der Waals surface area contributed by atoms with Gasteiger partial charge in [0.15, 0.2) is 0 Å². The first-order valence-electron chi connectivity index (χ1n) is 15.5. The number of para-hydroxylation sites is 1. The fraction of sp³-hybridized carbons (Fsp3) is 0.250. The molecule has 13 heteroatoms. The van der Waals surface area contributed by atoms with Crippen LogP contribution in [0.15, 0.2) is 90.7 Å². The average molecular weight is 670 g/mol. The molecule has 49 heavy (non-hydrogen) atoms. The van der Waals surface area contributed by atoms with Crippen LogP contribution in [0, 0.1) is 0 Å². The van der Waals surface area contributed by atoms with Crippen molar-refractivity contribution in [3.8, 4) is 22.9 Å². The Labute approximate surface area is 284 Å². The van der Waals surface area contributed by atoms with Gasteiger partial charge in [-0.05, 0) is 62.7 Å². The lowest BCUT2D eigenvalue weighted by atomic mass is 10.0. The lowest BCUT2D eigenvalue weighted by molar-refractivity contribution is -0.142. The Morgan fingerprint density at radius 1 is 0.939 bits per heavy atom. The Balaban J connectivity index is 1.41. The van der Waals surface area contributed by atoms with Gasteiger partial charge in [-0.25, -0.2) is 15.0 Å². The van der Waals surface area contributed by atoms with Gasteiger partial charge in [0, 0.05) is 29.7 Å². The average Bonchev–Trinajstić information content (AvgIpc) is 3.59. The molecule has 1 heterocycles. The molecule has 0 aliphatic rings. The van der Waals surface area contributed by atoms with E-state index >= 15 is 0 Å². The molecule has 4 rings (SSSR count). The molecule has 13 nitrogen and oxygen atoms in total. The van der Waals surface area contributed by atoms with Crippen molar-refractivity contribution in [2.75, 3.05) is 20.3 Å². The SMILES string of the molecule is CCOc1cc(OCC)cc(C(=O)N[C@@H](Cc2ccc(-n3cc(COc4ccccc4/C=C(C)/C=C/C(=O)NO)nn3)cc2)C(=O)OC)c1. The molecule has 0 unspecified atom stereocenters. The summed E-state index contributed by atoms with van der Waals surface area (Å²) in [4.78, 5) is 37.1. The van der Waals surface area contributed by atoms with Crippen LogP contribution < -0.4 is 25.0 Å². The number of benzene rings is 3. The molecule has 2 amide bonds. The van der Waals surface area contributed by atoms with Crippen LogP contribution in [0.25, 0.3) is 11.8 Å². The van der Waals surface area contributed by atoms with Crippen molar-refractivity contribution in [2.45, 2.75) is 39.8 Å². The highest BCUT2D eigenvalue weighted by molar-refractivity contribution is 5.97. The summed E-state index contributed by atoms with van der Waals surface area (Å²) in [5, 5.41) is 19.9. The van der Waals surface area contributed by atoms with E-state index in [0.717, 1.165) is 22.4 Å². The molecule has 256 valence electrons. The molecule has 0 saturated carbocycles. The van der Waals surface area contributed by atoms with E-state index in [1.54, 1.807) is 40.6 Å². The second kappa shape index (κ2) is 17.8. The van der Waals surface area contributed by atoms with Gasteiger partial charge in [-0.1, -0.05) is 47.2 Å². The van der Waals surface area contributed by atoms with E-state index in [1.807, 2.05) is 75.4 Å². The van der Waals surface area contributed by atoms with Crippen molar-refractivity contribution < 1.29 is 38.5 Å². The van der Waals surface area contributed by atoms with Crippen LogP contribution in [0.1, 0.15) is 48.0 Å². The van der Waals surface area contributed by atoms with Crippen molar-refractivity contribution in [2.24, 2.45) is 0 Å².